The summed E-state index contributed by atoms with van der Waals surface area (Å²) < 4.78 is 34.5. The van der Waals surface area contributed by atoms with Crippen LogP contribution in [0.4, 0.5) is 8.78 Å². The third-order valence-electron chi connectivity index (χ3n) is 5.02. The fourth-order valence-electron chi connectivity index (χ4n) is 3.42. The van der Waals surface area contributed by atoms with Gasteiger partial charge in [0.1, 0.15) is 4.70 Å². The number of alkyl halides is 2. The van der Waals surface area contributed by atoms with Crippen molar-refractivity contribution >= 4 is 21.4 Å². The predicted octanol–water partition coefficient (Wildman–Crippen LogP) is 4.26. The molecule has 0 amide bonds. The van der Waals surface area contributed by atoms with Gasteiger partial charge in [0.15, 0.2) is 0 Å². The van der Waals surface area contributed by atoms with Crippen LogP contribution in [0, 0.1) is 5.92 Å². The molecule has 27 heavy (non-hydrogen) atoms. The number of aromatic nitrogens is 3. The Kier molecular flexibility index (Phi) is 4.67. The van der Waals surface area contributed by atoms with Crippen molar-refractivity contribution in [2.75, 3.05) is 6.61 Å². The summed E-state index contributed by atoms with van der Waals surface area (Å²) in [5.41, 5.74) is 1.53. The highest BCUT2D eigenvalue weighted by molar-refractivity contribution is 7.18. The van der Waals surface area contributed by atoms with E-state index in [-0.39, 0.29) is 24.3 Å². The van der Waals surface area contributed by atoms with Crippen molar-refractivity contribution in [3.63, 3.8) is 0 Å². The van der Waals surface area contributed by atoms with Crippen molar-refractivity contribution in [3.05, 3.63) is 40.3 Å². The Bertz CT molecular complexity index is 1010. The van der Waals surface area contributed by atoms with Crippen molar-refractivity contribution in [1.29, 1.82) is 0 Å². The molecule has 0 spiro atoms. The Labute approximate surface area is 158 Å². The molecule has 0 unspecified atom stereocenters. The van der Waals surface area contributed by atoms with Gasteiger partial charge in [0.05, 0.1) is 12.0 Å². The van der Waals surface area contributed by atoms with Crippen LogP contribution in [-0.2, 0) is 7.05 Å². The molecule has 3 heterocycles. The summed E-state index contributed by atoms with van der Waals surface area (Å²) in [7, 11) is 1.59. The van der Waals surface area contributed by atoms with Gasteiger partial charge in [0.2, 0.25) is 11.8 Å². The molecule has 0 aliphatic heterocycles. The van der Waals surface area contributed by atoms with E-state index in [0.717, 1.165) is 11.1 Å². The maximum Gasteiger partial charge on any atom is 0.276 e. The zero-order chi connectivity index (χ0) is 19.0. The smallest absolute Gasteiger partial charge is 0.276 e. The summed E-state index contributed by atoms with van der Waals surface area (Å²) in [6.45, 7) is 0.332. The zero-order valence-electron chi connectivity index (χ0n) is 14.8. The van der Waals surface area contributed by atoms with Gasteiger partial charge < -0.3 is 4.74 Å². The van der Waals surface area contributed by atoms with Crippen LogP contribution < -0.4 is 10.3 Å². The molecular weight excluding hydrogens is 372 g/mol. The normalized spacial score (nSPS) is 17.3. The molecule has 1 aliphatic rings. The van der Waals surface area contributed by atoms with Gasteiger partial charge >= 0.3 is 0 Å². The third-order valence-corrected chi connectivity index (χ3v) is 5.99. The molecule has 0 aromatic carbocycles. The largest absolute Gasteiger partial charge is 0.475 e. The summed E-state index contributed by atoms with van der Waals surface area (Å²) >= 11 is 1.40. The topological polar surface area (TPSA) is 57.0 Å². The first kappa shape index (κ1) is 18.0. The Morgan fingerprint density at radius 2 is 2.00 bits per heavy atom. The van der Waals surface area contributed by atoms with Crippen molar-refractivity contribution in [2.24, 2.45) is 13.0 Å². The lowest BCUT2D eigenvalue weighted by Gasteiger charge is -2.27. The van der Waals surface area contributed by atoms with E-state index in [2.05, 4.69) is 10.1 Å². The molecule has 1 aliphatic carbocycles. The maximum absolute atomic E-state index is 13.3. The highest BCUT2D eigenvalue weighted by atomic mass is 32.1. The molecular formula is C19H19F2N3O2S. The second-order valence-corrected chi connectivity index (χ2v) is 7.81. The fraction of sp³-hybridized carbons (Fsp3) is 0.421. The Hall–Kier alpha value is -2.35. The summed E-state index contributed by atoms with van der Waals surface area (Å²) in [6.07, 6.45) is 4.05. The quantitative estimate of drug-likeness (QED) is 0.667. The van der Waals surface area contributed by atoms with Gasteiger partial charge in [-0.1, -0.05) is 0 Å². The first-order valence-electron chi connectivity index (χ1n) is 8.84. The molecule has 0 N–H and O–H groups in total. The number of rotatable bonds is 4. The van der Waals surface area contributed by atoms with Gasteiger partial charge in [0, 0.05) is 43.2 Å². The van der Waals surface area contributed by atoms with Crippen molar-refractivity contribution < 1.29 is 13.5 Å². The lowest BCUT2D eigenvalue weighted by molar-refractivity contribution is -0.0499. The summed E-state index contributed by atoms with van der Waals surface area (Å²) in [4.78, 5) is 16.7. The first-order valence-corrected chi connectivity index (χ1v) is 9.72. The number of nitrogens with zero attached hydrogens (tertiary/aromatic N) is 3. The van der Waals surface area contributed by atoms with Crippen LogP contribution in [0.1, 0.15) is 25.7 Å². The average molecular weight is 391 g/mol. The van der Waals surface area contributed by atoms with E-state index < -0.39 is 5.92 Å². The van der Waals surface area contributed by atoms with Crippen molar-refractivity contribution in [3.8, 4) is 17.0 Å². The Balaban J connectivity index is 1.63. The molecule has 0 saturated heterocycles. The van der Waals surface area contributed by atoms with Crippen molar-refractivity contribution in [2.45, 2.75) is 31.6 Å². The second kappa shape index (κ2) is 6.99. The van der Waals surface area contributed by atoms with E-state index in [9.17, 15) is 13.6 Å². The van der Waals surface area contributed by atoms with Gasteiger partial charge in [-0.2, -0.15) is 0 Å². The second-order valence-electron chi connectivity index (χ2n) is 6.93. The maximum atomic E-state index is 13.3. The SMILES string of the molecule is Cn1nc(OCC2CCC(F)(F)CC2)c2scc(-c3ccncc3)c2c1=O. The van der Waals surface area contributed by atoms with Crippen molar-refractivity contribution in [1.82, 2.24) is 14.8 Å². The monoisotopic (exact) mass is 391 g/mol. The highest BCUT2D eigenvalue weighted by Gasteiger charge is 2.35. The minimum Gasteiger partial charge on any atom is -0.475 e. The summed E-state index contributed by atoms with van der Waals surface area (Å²) in [5.74, 6) is -2.08. The molecule has 4 rings (SSSR count). The average Bonchev–Trinajstić information content (AvgIpc) is 3.11. The molecule has 5 nitrogen and oxygen atoms in total. The lowest BCUT2D eigenvalue weighted by Crippen LogP contribution is -2.28. The standard InChI is InChI=1S/C19H19F2N3O2S/c1-24-18(25)15-14(13-4-8-22-9-5-13)11-27-16(15)17(23-24)26-10-12-2-6-19(20,21)7-3-12/h4-5,8-9,11-12H,2-3,6-7,10H2,1H3. The molecule has 142 valence electrons. The van der Waals surface area contributed by atoms with Crippen LogP contribution >= 0.6 is 11.3 Å². The fourth-order valence-corrected chi connectivity index (χ4v) is 4.42. The number of thiophene rings is 1. The summed E-state index contributed by atoms with van der Waals surface area (Å²) in [6, 6.07) is 3.70. The molecule has 3 aromatic heterocycles. The third kappa shape index (κ3) is 3.58. The van der Waals surface area contributed by atoms with E-state index in [4.69, 9.17) is 4.74 Å². The van der Waals surface area contributed by atoms with Crippen LogP contribution in [0.15, 0.2) is 34.7 Å². The predicted molar refractivity (Wildman–Crippen MR) is 100 cm³/mol. The number of ether oxygens (including phenoxy) is 1. The minimum absolute atomic E-state index is 0.0818. The van der Waals surface area contributed by atoms with Crippen LogP contribution in [-0.4, -0.2) is 27.3 Å². The lowest BCUT2D eigenvalue weighted by atomic mass is 9.87. The first-order chi connectivity index (χ1) is 12.9. The summed E-state index contributed by atoms with van der Waals surface area (Å²) in [5, 5.41) is 6.73. The van der Waals surface area contributed by atoms with Gasteiger partial charge in [-0.15, -0.1) is 16.4 Å². The van der Waals surface area contributed by atoms with E-state index in [1.54, 1.807) is 19.4 Å². The van der Waals surface area contributed by atoms with Crippen LogP contribution in [0.25, 0.3) is 21.2 Å². The molecule has 8 heteroatoms. The molecule has 3 aromatic rings. The van der Waals surface area contributed by atoms with E-state index in [1.807, 2.05) is 17.5 Å². The van der Waals surface area contributed by atoms with Crippen LogP contribution in [0.3, 0.4) is 0 Å². The van der Waals surface area contributed by atoms with E-state index >= 15 is 0 Å². The van der Waals surface area contributed by atoms with Gasteiger partial charge in [-0.05, 0) is 36.5 Å². The molecule has 0 atom stereocenters. The number of hydrogen-bond donors (Lipinski definition) is 0. The van der Waals surface area contributed by atoms with E-state index in [1.165, 1.54) is 16.0 Å². The minimum atomic E-state index is -2.55. The number of aryl methyl sites for hydroxylation is 1. The Morgan fingerprint density at radius 3 is 2.70 bits per heavy atom. The van der Waals surface area contributed by atoms with Gasteiger partial charge in [-0.25, -0.2) is 13.5 Å². The number of halogens is 2. The van der Waals surface area contributed by atoms with E-state index in [0.29, 0.717) is 35.4 Å². The van der Waals surface area contributed by atoms with Crippen LogP contribution in [0.2, 0.25) is 0 Å². The zero-order valence-corrected chi connectivity index (χ0v) is 15.6. The van der Waals surface area contributed by atoms with Gasteiger partial charge in [-0.3, -0.25) is 9.78 Å². The molecule has 1 saturated carbocycles. The number of pyridine rings is 1. The highest BCUT2D eigenvalue weighted by Crippen LogP contribution is 2.38. The van der Waals surface area contributed by atoms with Gasteiger partial charge in [0.25, 0.3) is 5.56 Å². The molecule has 1 fully saturated rings. The molecule has 0 bridgehead atoms. The molecule has 0 radical (unpaired) electrons. The number of fused-ring (bicyclic) bond motifs is 1. The number of hydrogen-bond acceptors (Lipinski definition) is 5. The van der Waals surface area contributed by atoms with Crippen LogP contribution in [0.5, 0.6) is 5.88 Å². The Morgan fingerprint density at radius 1 is 1.30 bits per heavy atom.